The maximum atomic E-state index is 13.6. The normalized spacial score (nSPS) is 18.8. The third-order valence-electron chi connectivity index (χ3n) is 5.38. The number of rotatable bonds is 6. The Balaban J connectivity index is 1.47. The SMILES string of the molecule is NC(=O)c1cnc(Nc2ccc(N3CCCC(F)(F)C3)cc2)nc1NC1CCC1. The molecule has 1 aromatic heterocycles. The van der Waals surface area contributed by atoms with E-state index in [1.54, 1.807) is 29.2 Å². The van der Waals surface area contributed by atoms with E-state index in [9.17, 15) is 13.6 Å². The molecule has 1 aliphatic heterocycles. The molecule has 0 bridgehead atoms. The first-order chi connectivity index (χ1) is 13.9. The van der Waals surface area contributed by atoms with Gasteiger partial charge in [-0.15, -0.1) is 0 Å². The molecule has 1 saturated carbocycles. The number of anilines is 4. The smallest absolute Gasteiger partial charge is 0.265 e. The van der Waals surface area contributed by atoms with Gasteiger partial charge in [0.25, 0.3) is 11.8 Å². The number of halogens is 2. The zero-order valence-electron chi connectivity index (χ0n) is 16.0. The topological polar surface area (TPSA) is 96.2 Å². The second-order valence-corrected chi connectivity index (χ2v) is 7.65. The van der Waals surface area contributed by atoms with Crippen LogP contribution in [0, 0.1) is 0 Å². The first-order valence-corrected chi connectivity index (χ1v) is 9.83. The van der Waals surface area contributed by atoms with E-state index in [1.165, 1.54) is 6.20 Å². The molecule has 0 atom stereocenters. The van der Waals surface area contributed by atoms with E-state index in [0.29, 0.717) is 24.7 Å². The van der Waals surface area contributed by atoms with Crippen molar-refractivity contribution in [3.05, 3.63) is 36.0 Å². The van der Waals surface area contributed by atoms with E-state index >= 15 is 0 Å². The van der Waals surface area contributed by atoms with Gasteiger partial charge in [-0.3, -0.25) is 4.79 Å². The Labute approximate surface area is 167 Å². The Bertz CT molecular complexity index is 885. The van der Waals surface area contributed by atoms with Crippen molar-refractivity contribution >= 4 is 29.0 Å². The van der Waals surface area contributed by atoms with Gasteiger partial charge in [0.15, 0.2) is 0 Å². The summed E-state index contributed by atoms with van der Waals surface area (Å²) in [6, 6.07) is 7.49. The molecule has 7 nitrogen and oxygen atoms in total. The summed E-state index contributed by atoms with van der Waals surface area (Å²) < 4.78 is 27.3. The number of carbonyl (C=O) groups excluding carboxylic acids is 1. The molecule has 154 valence electrons. The van der Waals surface area contributed by atoms with Gasteiger partial charge in [-0.2, -0.15) is 4.98 Å². The van der Waals surface area contributed by atoms with Gasteiger partial charge in [-0.1, -0.05) is 0 Å². The first kappa shape index (κ1) is 19.4. The number of amides is 1. The van der Waals surface area contributed by atoms with Crippen LogP contribution >= 0.6 is 0 Å². The lowest BCUT2D eigenvalue weighted by molar-refractivity contribution is -0.0116. The fourth-order valence-corrected chi connectivity index (χ4v) is 3.55. The summed E-state index contributed by atoms with van der Waals surface area (Å²) in [6.07, 6.45) is 5.03. The zero-order valence-corrected chi connectivity index (χ0v) is 16.0. The van der Waals surface area contributed by atoms with Crippen LogP contribution in [-0.4, -0.2) is 40.9 Å². The molecule has 1 saturated heterocycles. The second-order valence-electron chi connectivity index (χ2n) is 7.65. The van der Waals surface area contributed by atoms with Crippen molar-refractivity contribution in [2.24, 2.45) is 5.73 Å². The van der Waals surface area contributed by atoms with Gasteiger partial charge in [0.1, 0.15) is 5.82 Å². The number of nitrogens with zero attached hydrogens (tertiary/aromatic N) is 3. The van der Waals surface area contributed by atoms with E-state index in [4.69, 9.17) is 5.73 Å². The van der Waals surface area contributed by atoms with Crippen LogP contribution < -0.4 is 21.3 Å². The van der Waals surface area contributed by atoms with Gasteiger partial charge in [-0.25, -0.2) is 13.8 Å². The van der Waals surface area contributed by atoms with Crippen molar-refractivity contribution in [2.75, 3.05) is 28.6 Å². The van der Waals surface area contributed by atoms with E-state index in [0.717, 1.165) is 30.6 Å². The minimum absolute atomic E-state index is 0.0565. The summed E-state index contributed by atoms with van der Waals surface area (Å²) in [5, 5.41) is 6.33. The Morgan fingerprint density at radius 1 is 1.21 bits per heavy atom. The molecular formula is C20H24F2N6O. The highest BCUT2D eigenvalue weighted by Crippen LogP contribution is 2.31. The summed E-state index contributed by atoms with van der Waals surface area (Å²) in [7, 11) is 0. The van der Waals surface area contributed by atoms with E-state index in [2.05, 4.69) is 20.6 Å². The number of aromatic nitrogens is 2. The van der Waals surface area contributed by atoms with Crippen LogP contribution in [0.2, 0.25) is 0 Å². The average molecular weight is 402 g/mol. The molecule has 4 rings (SSSR count). The minimum atomic E-state index is -2.64. The van der Waals surface area contributed by atoms with Crippen molar-refractivity contribution < 1.29 is 13.6 Å². The van der Waals surface area contributed by atoms with Gasteiger partial charge in [0.05, 0.1) is 12.1 Å². The predicted octanol–water partition coefficient (Wildman–Crippen LogP) is 3.52. The van der Waals surface area contributed by atoms with Gasteiger partial charge in [-0.05, 0) is 49.9 Å². The molecule has 2 fully saturated rings. The maximum absolute atomic E-state index is 13.6. The van der Waals surface area contributed by atoms with Gasteiger partial charge in [0.2, 0.25) is 5.95 Å². The lowest BCUT2D eigenvalue weighted by atomic mass is 9.93. The number of nitrogens with one attached hydrogen (secondary N) is 2. The summed E-state index contributed by atoms with van der Waals surface area (Å²) in [4.78, 5) is 21.9. The molecule has 1 aliphatic carbocycles. The molecule has 0 spiro atoms. The molecule has 2 aliphatic rings. The number of primary amides is 1. The number of alkyl halides is 2. The second kappa shape index (κ2) is 7.81. The van der Waals surface area contributed by atoms with Gasteiger partial charge in [0, 0.05) is 36.6 Å². The third kappa shape index (κ3) is 4.55. The molecule has 4 N–H and O–H groups in total. The number of nitrogens with two attached hydrogens (primary N) is 1. The van der Waals surface area contributed by atoms with Crippen molar-refractivity contribution in [2.45, 2.75) is 44.1 Å². The van der Waals surface area contributed by atoms with E-state index < -0.39 is 11.8 Å². The van der Waals surface area contributed by atoms with Crippen LogP contribution in [-0.2, 0) is 0 Å². The Morgan fingerprint density at radius 2 is 1.97 bits per heavy atom. The van der Waals surface area contributed by atoms with Crippen molar-refractivity contribution in [3.8, 4) is 0 Å². The van der Waals surface area contributed by atoms with Crippen molar-refractivity contribution in [1.82, 2.24) is 9.97 Å². The Kier molecular flexibility index (Phi) is 5.21. The number of carbonyl (C=O) groups is 1. The number of piperidine rings is 1. The molecule has 2 heterocycles. The van der Waals surface area contributed by atoms with Crippen molar-refractivity contribution in [3.63, 3.8) is 0 Å². The molecule has 0 radical (unpaired) electrons. The van der Waals surface area contributed by atoms with Crippen LogP contribution in [0.3, 0.4) is 0 Å². The summed E-state index contributed by atoms with van der Waals surface area (Å²) in [5.74, 6) is -2.48. The summed E-state index contributed by atoms with van der Waals surface area (Å²) in [6.45, 7) is 0.365. The molecule has 2 aromatic rings. The van der Waals surface area contributed by atoms with Crippen molar-refractivity contribution in [1.29, 1.82) is 0 Å². The summed E-state index contributed by atoms with van der Waals surface area (Å²) in [5.41, 5.74) is 7.15. The molecule has 1 amide bonds. The number of hydrogen-bond donors (Lipinski definition) is 3. The largest absolute Gasteiger partial charge is 0.367 e. The maximum Gasteiger partial charge on any atom is 0.265 e. The predicted molar refractivity (Wildman–Crippen MR) is 108 cm³/mol. The fourth-order valence-electron chi connectivity index (χ4n) is 3.55. The standard InChI is InChI=1S/C20H24F2N6O/c21-20(22)9-2-10-28(12-20)15-7-5-14(6-8-15)26-19-24-11-16(17(23)29)18(27-19)25-13-3-1-4-13/h5-8,11,13H,1-4,9-10,12H2,(H2,23,29)(H2,24,25,26,27). The molecule has 9 heteroatoms. The third-order valence-corrected chi connectivity index (χ3v) is 5.38. The minimum Gasteiger partial charge on any atom is -0.367 e. The fraction of sp³-hybridized carbons (Fsp3) is 0.450. The highest BCUT2D eigenvalue weighted by atomic mass is 19.3. The molecular weight excluding hydrogens is 378 g/mol. The number of benzene rings is 1. The Morgan fingerprint density at radius 3 is 2.59 bits per heavy atom. The first-order valence-electron chi connectivity index (χ1n) is 9.83. The van der Waals surface area contributed by atoms with Crippen LogP contribution in [0.25, 0.3) is 0 Å². The monoisotopic (exact) mass is 402 g/mol. The zero-order chi connectivity index (χ0) is 20.4. The van der Waals surface area contributed by atoms with Gasteiger partial charge >= 0.3 is 0 Å². The lowest BCUT2D eigenvalue weighted by Gasteiger charge is -2.34. The lowest BCUT2D eigenvalue weighted by Crippen LogP contribution is -2.42. The quantitative estimate of drug-likeness (QED) is 0.684. The molecule has 29 heavy (non-hydrogen) atoms. The van der Waals surface area contributed by atoms with E-state index in [1.807, 2.05) is 0 Å². The average Bonchev–Trinajstić information content (AvgIpc) is 2.64. The number of hydrogen-bond acceptors (Lipinski definition) is 6. The molecule has 0 unspecified atom stereocenters. The highest BCUT2D eigenvalue weighted by molar-refractivity contribution is 5.97. The van der Waals surface area contributed by atoms with Crippen LogP contribution in [0.5, 0.6) is 0 Å². The Hall–Kier alpha value is -2.97. The summed E-state index contributed by atoms with van der Waals surface area (Å²) >= 11 is 0. The van der Waals surface area contributed by atoms with Crippen LogP contribution in [0.4, 0.5) is 31.9 Å². The van der Waals surface area contributed by atoms with Gasteiger partial charge < -0.3 is 21.3 Å². The van der Waals surface area contributed by atoms with Crippen LogP contribution in [0.15, 0.2) is 30.5 Å². The molecule has 1 aromatic carbocycles. The van der Waals surface area contributed by atoms with E-state index in [-0.39, 0.29) is 24.6 Å². The van der Waals surface area contributed by atoms with Crippen LogP contribution in [0.1, 0.15) is 42.5 Å². The highest BCUT2D eigenvalue weighted by Gasteiger charge is 2.35.